The van der Waals surface area contributed by atoms with Crippen LogP contribution in [0.3, 0.4) is 0 Å². The van der Waals surface area contributed by atoms with Crippen LogP contribution < -0.4 is 0 Å². The van der Waals surface area contributed by atoms with E-state index >= 15 is 0 Å². The largest absolute Gasteiger partial charge is 0.265 e. The van der Waals surface area contributed by atoms with Crippen molar-refractivity contribution in [2.45, 2.75) is 6.43 Å². The van der Waals surface area contributed by atoms with E-state index in [1.54, 1.807) is 7.05 Å². The second-order valence-corrected chi connectivity index (χ2v) is 2.99. The van der Waals surface area contributed by atoms with Crippen LogP contribution in [0.25, 0.3) is 10.9 Å². The first-order chi connectivity index (χ1) is 6.59. The van der Waals surface area contributed by atoms with E-state index < -0.39 is 12.4 Å². The van der Waals surface area contributed by atoms with Gasteiger partial charge in [0.25, 0.3) is 6.43 Å². The molecule has 0 atom stereocenters. The third kappa shape index (κ3) is 1.25. The fraction of sp³-hybridized carbons (Fsp3) is 0.222. The van der Waals surface area contributed by atoms with Gasteiger partial charge in [-0.05, 0) is 12.1 Å². The lowest BCUT2D eigenvalue weighted by Gasteiger charge is -1.99. The maximum atomic E-state index is 13.1. The predicted molar refractivity (Wildman–Crippen MR) is 45.6 cm³/mol. The summed E-state index contributed by atoms with van der Waals surface area (Å²) in [6.07, 6.45) is -2.58. The molecule has 1 heterocycles. The second-order valence-electron chi connectivity index (χ2n) is 2.99. The van der Waals surface area contributed by atoms with Crippen LogP contribution in [0.2, 0.25) is 0 Å². The van der Waals surface area contributed by atoms with Gasteiger partial charge in [0, 0.05) is 12.6 Å². The van der Waals surface area contributed by atoms with Gasteiger partial charge in [0.1, 0.15) is 0 Å². The maximum Gasteiger partial charge on any atom is 0.263 e. The summed E-state index contributed by atoms with van der Waals surface area (Å²) in [7, 11) is 1.56. The molecule has 0 saturated heterocycles. The van der Waals surface area contributed by atoms with E-state index in [1.807, 2.05) is 0 Å². The molecule has 0 bridgehead atoms. The molecule has 0 radical (unpaired) electrons. The zero-order valence-corrected chi connectivity index (χ0v) is 7.34. The Bertz CT molecular complexity index is 476. The Morgan fingerprint density at radius 2 is 2.07 bits per heavy atom. The lowest BCUT2D eigenvalue weighted by Crippen LogP contribution is -1.89. The second kappa shape index (κ2) is 3.01. The smallest absolute Gasteiger partial charge is 0.263 e. The number of aryl methyl sites for hydroxylation is 1. The molecule has 0 unspecified atom stereocenters. The number of fused-ring (bicyclic) bond motifs is 1. The van der Waals surface area contributed by atoms with Gasteiger partial charge >= 0.3 is 0 Å². The quantitative estimate of drug-likeness (QED) is 0.691. The fourth-order valence-corrected chi connectivity index (χ4v) is 1.38. The summed E-state index contributed by atoms with van der Waals surface area (Å²) in [5, 5.41) is 3.63. The monoisotopic (exact) mass is 200 g/mol. The molecule has 0 spiro atoms. The van der Waals surface area contributed by atoms with E-state index in [-0.39, 0.29) is 10.9 Å². The minimum Gasteiger partial charge on any atom is -0.265 e. The fourth-order valence-electron chi connectivity index (χ4n) is 1.38. The van der Waals surface area contributed by atoms with Gasteiger partial charge < -0.3 is 0 Å². The molecular weight excluding hydrogens is 193 g/mol. The van der Waals surface area contributed by atoms with Crippen molar-refractivity contribution in [3.8, 4) is 0 Å². The van der Waals surface area contributed by atoms with E-state index in [0.717, 1.165) is 6.07 Å². The Balaban J connectivity index is 2.71. The standard InChI is InChI=1S/C9H7F3N2/c1-14-7-3-2-5(8(10)11)4-6(7)9(12)13-14/h2-4,8H,1H3. The highest BCUT2D eigenvalue weighted by Gasteiger charge is 2.12. The number of nitrogens with zero attached hydrogens (tertiary/aromatic N) is 2. The molecule has 74 valence electrons. The first-order valence-electron chi connectivity index (χ1n) is 4.00. The zero-order valence-electron chi connectivity index (χ0n) is 7.34. The molecule has 14 heavy (non-hydrogen) atoms. The van der Waals surface area contributed by atoms with E-state index in [4.69, 9.17) is 0 Å². The summed E-state index contributed by atoms with van der Waals surface area (Å²) in [5.41, 5.74) is 0.316. The van der Waals surface area contributed by atoms with Crippen LogP contribution in [0.4, 0.5) is 13.2 Å². The van der Waals surface area contributed by atoms with E-state index in [1.165, 1.54) is 16.8 Å². The summed E-state index contributed by atoms with van der Waals surface area (Å²) in [4.78, 5) is 0. The molecule has 1 aromatic heterocycles. The minimum absolute atomic E-state index is 0.130. The van der Waals surface area contributed by atoms with E-state index in [0.29, 0.717) is 5.52 Å². The number of benzene rings is 1. The van der Waals surface area contributed by atoms with Crippen molar-refractivity contribution in [2.24, 2.45) is 7.05 Å². The lowest BCUT2D eigenvalue weighted by molar-refractivity contribution is 0.151. The Hall–Kier alpha value is -1.52. The van der Waals surface area contributed by atoms with Gasteiger partial charge in [-0.2, -0.15) is 4.39 Å². The molecule has 1 aromatic carbocycles. The topological polar surface area (TPSA) is 17.8 Å². The Labute approximate surface area is 77.9 Å². The van der Waals surface area contributed by atoms with Gasteiger partial charge in [-0.1, -0.05) is 6.07 Å². The van der Waals surface area contributed by atoms with Crippen LogP contribution in [0.15, 0.2) is 18.2 Å². The van der Waals surface area contributed by atoms with Crippen LogP contribution in [0.5, 0.6) is 0 Å². The van der Waals surface area contributed by atoms with E-state index in [9.17, 15) is 13.2 Å². The van der Waals surface area contributed by atoms with Crippen molar-refractivity contribution in [1.82, 2.24) is 9.78 Å². The van der Waals surface area contributed by atoms with Crippen LogP contribution in [-0.4, -0.2) is 9.78 Å². The average Bonchev–Trinajstić information content (AvgIpc) is 2.42. The third-order valence-electron chi connectivity index (χ3n) is 2.08. The molecule has 2 nitrogen and oxygen atoms in total. The molecule has 0 fully saturated rings. The lowest BCUT2D eigenvalue weighted by atomic mass is 10.1. The molecule has 2 rings (SSSR count). The first-order valence-corrected chi connectivity index (χ1v) is 4.00. The molecule has 0 amide bonds. The van der Waals surface area contributed by atoms with Crippen molar-refractivity contribution >= 4 is 10.9 Å². The minimum atomic E-state index is -2.58. The summed E-state index contributed by atoms with van der Waals surface area (Å²) >= 11 is 0. The number of hydrogen-bond acceptors (Lipinski definition) is 1. The highest BCUT2D eigenvalue weighted by atomic mass is 19.3. The maximum absolute atomic E-state index is 13.1. The molecule has 0 aliphatic rings. The molecular formula is C9H7F3N2. The van der Waals surface area contributed by atoms with Crippen molar-refractivity contribution in [3.05, 3.63) is 29.7 Å². The number of alkyl halides is 2. The van der Waals surface area contributed by atoms with E-state index in [2.05, 4.69) is 5.10 Å². The number of hydrogen-bond donors (Lipinski definition) is 0. The number of halogens is 3. The molecule has 0 aliphatic heterocycles. The van der Waals surface area contributed by atoms with Crippen LogP contribution in [-0.2, 0) is 7.05 Å². The Morgan fingerprint density at radius 3 is 2.71 bits per heavy atom. The van der Waals surface area contributed by atoms with Crippen molar-refractivity contribution in [1.29, 1.82) is 0 Å². The van der Waals surface area contributed by atoms with Gasteiger partial charge in [0.15, 0.2) is 0 Å². The molecule has 0 N–H and O–H groups in total. The Kier molecular flexibility index (Phi) is 1.94. The number of aromatic nitrogens is 2. The molecule has 0 aliphatic carbocycles. The zero-order chi connectivity index (χ0) is 10.3. The molecule has 0 saturated carbocycles. The van der Waals surface area contributed by atoms with Crippen molar-refractivity contribution in [3.63, 3.8) is 0 Å². The molecule has 2 aromatic rings. The van der Waals surface area contributed by atoms with Crippen molar-refractivity contribution in [2.75, 3.05) is 0 Å². The van der Waals surface area contributed by atoms with Crippen molar-refractivity contribution < 1.29 is 13.2 Å². The SMILES string of the molecule is Cn1nc(F)c2cc(C(F)F)ccc21. The van der Waals surface area contributed by atoms with Gasteiger partial charge in [-0.25, -0.2) is 8.78 Å². The highest BCUT2D eigenvalue weighted by molar-refractivity contribution is 5.80. The first kappa shape index (κ1) is 9.05. The third-order valence-corrected chi connectivity index (χ3v) is 2.08. The highest BCUT2D eigenvalue weighted by Crippen LogP contribution is 2.24. The van der Waals surface area contributed by atoms with Gasteiger partial charge in [-0.3, -0.25) is 4.68 Å². The van der Waals surface area contributed by atoms with Crippen LogP contribution in [0.1, 0.15) is 12.0 Å². The summed E-state index contributed by atoms with van der Waals surface area (Å²) in [6, 6.07) is 3.84. The normalized spacial score (nSPS) is 11.5. The van der Waals surface area contributed by atoms with Crippen LogP contribution in [0, 0.1) is 5.95 Å². The predicted octanol–water partition coefficient (Wildman–Crippen LogP) is 2.65. The van der Waals surface area contributed by atoms with Crippen LogP contribution >= 0.6 is 0 Å². The molecule has 5 heteroatoms. The van der Waals surface area contributed by atoms with Gasteiger partial charge in [0.05, 0.1) is 10.9 Å². The summed E-state index contributed by atoms with van der Waals surface area (Å²) < 4.78 is 39.0. The van der Waals surface area contributed by atoms with Gasteiger partial charge in [0.2, 0.25) is 5.95 Å². The number of rotatable bonds is 1. The Morgan fingerprint density at radius 1 is 1.36 bits per heavy atom. The average molecular weight is 200 g/mol. The summed E-state index contributed by atoms with van der Waals surface area (Å²) in [6.45, 7) is 0. The van der Waals surface area contributed by atoms with Gasteiger partial charge in [-0.15, -0.1) is 5.10 Å². The summed E-state index contributed by atoms with van der Waals surface area (Å²) in [5.74, 6) is -0.718.